The highest BCUT2D eigenvalue weighted by Crippen LogP contribution is 2.40. The van der Waals surface area contributed by atoms with Crippen molar-refractivity contribution in [1.29, 1.82) is 0 Å². The van der Waals surface area contributed by atoms with Gasteiger partial charge in [-0.25, -0.2) is 0 Å². The monoisotopic (exact) mass is 585 g/mol. The van der Waals surface area contributed by atoms with Crippen LogP contribution < -0.4 is 0 Å². The standard InChI is InChI=1S/C38H51NO4/c1-38(2,3)33-21-19-29(20-22-33)23-39-24-35(41-26-30-13-7-4-8-14-30)37(43-28-32-17-11-6-12-18-32)36(34(39)25-40)42-27-31-15-9-5-10-16-31/h4-18,29,33-37,40H,19-28H2,1-3H3/t29?,33?,34-,35+,36-,37-/m1/s1. The molecule has 3 aromatic rings. The summed E-state index contributed by atoms with van der Waals surface area (Å²) >= 11 is 0. The molecule has 0 radical (unpaired) electrons. The summed E-state index contributed by atoms with van der Waals surface area (Å²) in [5, 5.41) is 10.9. The molecular weight excluding hydrogens is 534 g/mol. The van der Waals surface area contributed by atoms with Crippen LogP contribution in [0.25, 0.3) is 0 Å². The number of hydrogen-bond acceptors (Lipinski definition) is 5. The first kappa shape index (κ1) is 31.9. The predicted octanol–water partition coefficient (Wildman–Crippen LogP) is 7.27. The van der Waals surface area contributed by atoms with Crippen molar-refractivity contribution in [1.82, 2.24) is 4.90 Å². The molecular formula is C38H51NO4. The normalized spacial score (nSPS) is 26.8. The van der Waals surface area contributed by atoms with Crippen molar-refractivity contribution in [2.24, 2.45) is 17.3 Å². The third-order valence-corrected chi connectivity index (χ3v) is 9.58. The molecule has 4 atom stereocenters. The van der Waals surface area contributed by atoms with E-state index < -0.39 is 0 Å². The Bertz CT molecular complexity index is 1190. The summed E-state index contributed by atoms with van der Waals surface area (Å²) < 4.78 is 20.1. The van der Waals surface area contributed by atoms with Crippen molar-refractivity contribution >= 4 is 0 Å². The van der Waals surface area contributed by atoms with E-state index in [0.29, 0.717) is 37.7 Å². The molecule has 43 heavy (non-hydrogen) atoms. The maximum absolute atomic E-state index is 10.9. The number of aliphatic hydroxyl groups excluding tert-OH is 1. The fourth-order valence-corrected chi connectivity index (χ4v) is 6.95. The molecule has 3 aromatic carbocycles. The lowest BCUT2D eigenvalue weighted by molar-refractivity contribution is -0.209. The van der Waals surface area contributed by atoms with E-state index >= 15 is 0 Å². The maximum atomic E-state index is 10.9. The van der Waals surface area contributed by atoms with E-state index in [2.05, 4.69) is 74.2 Å². The van der Waals surface area contributed by atoms with Crippen molar-refractivity contribution in [2.45, 2.75) is 90.6 Å². The highest BCUT2D eigenvalue weighted by molar-refractivity contribution is 5.16. The van der Waals surface area contributed by atoms with E-state index in [-0.39, 0.29) is 31.0 Å². The Balaban J connectivity index is 1.37. The fourth-order valence-electron chi connectivity index (χ4n) is 6.95. The van der Waals surface area contributed by atoms with Crippen LogP contribution in [0.15, 0.2) is 91.0 Å². The first-order chi connectivity index (χ1) is 20.9. The van der Waals surface area contributed by atoms with Crippen LogP contribution in [0.2, 0.25) is 0 Å². The highest BCUT2D eigenvalue weighted by Gasteiger charge is 2.46. The van der Waals surface area contributed by atoms with Crippen LogP contribution in [0.1, 0.15) is 63.1 Å². The fraction of sp³-hybridized carbons (Fsp3) is 0.526. The predicted molar refractivity (Wildman–Crippen MR) is 172 cm³/mol. The minimum absolute atomic E-state index is 0.0212. The Kier molecular flexibility index (Phi) is 11.5. The van der Waals surface area contributed by atoms with Crippen LogP contribution in [0.3, 0.4) is 0 Å². The zero-order chi connectivity index (χ0) is 30.1. The van der Waals surface area contributed by atoms with E-state index in [0.717, 1.165) is 29.2 Å². The lowest BCUT2D eigenvalue weighted by Crippen LogP contribution is -2.65. The number of benzene rings is 3. The van der Waals surface area contributed by atoms with Gasteiger partial charge in [0.1, 0.15) is 12.2 Å². The van der Waals surface area contributed by atoms with Gasteiger partial charge >= 0.3 is 0 Å². The number of rotatable bonds is 12. The Morgan fingerprint density at radius 2 is 1.12 bits per heavy atom. The maximum Gasteiger partial charge on any atom is 0.113 e. The Hall–Kier alpha value is -2.54. The summed E-state index contributed by atoms with van der Waals surface area (Å²) in [5.74, 6) is 1.39. The second-order valence-corrected chi connectivity index (χ2v) is 13.6. The third-order valence-electron chi connectivity index (χ3n) is 9.58. The van der Waals surface area contributed by atoms with E-state index in [1.807, 2.05) is 42.5 Å². The topological polar surface area (TPSA) is 51.2 Å². The highest BCUT2D eigenvalue weighted by atomic mass is 16.6. The van der Waals surface area contributed by atoms with Crippen LogP contribution in [-0.2, 0) is 34.0 Å². The van der Waals surface area contributed by atoms with Gasteiger partial charge in [0.2, 0.25) is 0 Å². The average molecular weight is 586 g/mol. The Morgan fingerprint density at radius 3 is 1.58 bits per heavy atom. The first-order valence-electron chi connectivity index (χ1n) is 16.2. The first-order valence-corrected chi connectivity index (χ1v) is 16.2. The molecule has 5 heteroatoms. The number of hydrogen-bond donors (Lipinski definition) is 1. The van der Waals surface area contributed by atoms with Gasteiger partial charge in [-0.1, -0.05) is 112 Å². The summed E-state index contributed by atoms with van der Waals surface area (Å²) in [6, 6.07) is 30.7. The van der Waals surface area contributed by atoms with Gasteiger partial charge in [0.25, 0.3) is 0 Å². The summed E-state index contributed by atoms with van der Waals surface area (Å²) in [4.78, 5) is 2.45. The molecule has 5 nitrogen and oxygen atoms in total. The van der Waals surface area contributed by atoms with Gasteiger partial charge in [-0.05, 0) is 59.6 Å². The van der Waals surface area contributed by atoms with Gasteiger partial charge in [0, 0.05) is 13.1 Å². The van der Waals surface area contributed by atoms with Gasteiger partial charge in [-0.15, -0.1) is 0 Å². The summed E-state index contributed by atoms with van der Waals surface area (Å²) in [6.07, 6.45) is 4.16. The number of likely N-dealkylation sites (tertiary alicyclic amines) is 1. The molecule has 1 saturated heterocycles. The zero-order valence-electron chi connectivity index (χ0n) is 26.3. The van der Waals surface area contributed by atoms with Crippen LogP contribution >= 0.6 is 0 Å². The molecule has 1 saturated carbocycles. The minimum atomic E-state index is -0.339. The zero-order valence-corrected chi connectivity index (χ0v) is 26.3. The summed E-state index contributed by atoms with van der Waals surface area (Å²) in [7, 11) is 0. The number of piperidine rings is 1. The molecule has 1 heterocycles. The minimum Gasteiger partial charge on any atom is -0.395 e. The Labute approximate surface area is 259 Å². The van der Waals surface area contributed by atoms with Crippen LogP contribution in [0.5, 0.6) is 0 Å². The molecule has 1 N–H and O–H groups in total. The van der Waals surface area contributed by atoms with E-state index in [4.69, 9.17) is 14.2 Å². The molecule has 2 fully saturated rings. The van der Waals surface area contributed by atoms with Gasteiger partial charge in [-0.3, -0.25) is 4.90 Å². The van der Waals surface area contributed by atoms with Gasteiger partial charge in [-0.2, -0.15) is 0 Å². The molecule has 5 rings (SSSR count). The van der Waals surface area contributed by atoms with Gasteiger partial charge in [0.05, 0.1) is 38.6 Å². The molecule has 0 amide bonds. The quantitative estimate of drug-likeness (QED) is 0.242. The molecule has 0 unspecified atom stereocenters. The SMILES string of the molecule is CC(C)(C)C1CCC(CN2C[C@H](OCc3ccccc3)[C@@H](OCc3ccccc3)[C@H](OCc3ccccc3)[C@H]2CO)CC1. The smallest absolute Gasteiger partial charge is 0.113 e. The number of nitrogens with zero attached hydrogens (tertiary/aromatic N) is 1. The van der Waals surface area contributed by atoms with E-state index in [9.17, 15) is 5.11 Å². The number of ether oxygens (including phenoxy) is 3. The molecule has 1 aliphatic carbocycles. The molecule has 0 aromatic heterocycles. The van der Waals surface area contributed by atoms with Crippen molar-refractivity contribution in [3.63, 3.8) is 0 Å². The lowest BCUT2D eigenvalue weighted by Gasteiger charge is -2.49. The van der Waals surface area contributed by atoms with Crippen molar-refractivity contribution < 1.29 is 19.3 Å². The van der Waals surface area contributed by atoms with Crippen LogP contribution in [-0.4, -0.2) is 54.1 Å². The molecule has 0 bridgehead atoms. The van der Waals surface area contributed by atoms with E-state index in [1.54, 1.807) is 0 Å². The third kappa shape index (κ3) is 8.99. The summed E-state index contributed by atoms with van der Waals surface area (Å²) in [6.45, 7) is 10.3. The van der Waals surface area contributed by atoms with Gasteiger partial charge < -0.3 is 19.3 Å². The second kappa shape index (κ2) is 15.5. The number of aliphatic hydroxyl groups is 1. The lowest BCUT2D eigenvalue weighted by atomic mass is 9.69. The largest absolute Gasteiger partial charge is 0.395 e. The van der Waals surface area contributed by atoms with Crippen molar-refractivity contribution in [3.05, 3.63) is 108 Å². The molecule has 0 spiro atoms. The van der Waals surface area contributed by atoms with Crippen LogP contribution in [0.4, 0.5) is 0 Å². The van der Waals surface area contributed by atoms with Crippen molar-refractivity contribution in [3.8, 4) is 0 Å². The van der Waals surface area contributed by atoms with E-state index in [1.165, 1.54) is 25.7 Å². The average Bonchev–Trinajstić information content (AvgIpc) is 3.03. The van der Waals surface area contributed by atoms with Crippen molar-refractivity contribution in [2.75, 3.05) is 19.7 Å². The van der Waals surface area contributed by atoms with Crippen LogP contribution in [0, 0.1) is 17.3 Å². The second-order valence-electron chi connectivity index (χ2n) is 13.6. The summed E-state index contributed by atoms with van der Waals surface area (Å²) in [5.41, 5.74) is 3.73. The molecule has 232 valence electrons. The van der Waals surface area contributed by atoms with Gasteiger partial charge in [0.15, 0.2) is 0 Å². The molecule has 2 aliphatic rings. The Morgan fingerprint density at radius 1 is 0.651 bits per heavy atom. The molecule has 1 aliphatic heterocycles.